The number of halogens is 1. The Balaban J connectivity index is 1.59. The van der Waals surface area contributed by atoms with Gasteiger partial charge < -0.3 is 45.9 Å². The first-order valence-electron chi connectivity index (χ1n) is 15.1. The lowest BCUT2D eigenvalue weighted by Crippen LogP contribution is -2.48. The molecule has 5 rings (SSSR count). The number of ether oxygens (including phenoxy) is 2. The molecule has 5 unspecified atom stereocenters. The molecule has 17 nitrogen and oxygen atoms in total. The van der Waals surface area contributed by atoms with Crippen molar-refractivity contribution in [3.05, 3.63) is 34.3 Å². The lowest BCUT2D eigenvalue weighted by atomic mass is 9.97. The minimum Gasteiger partial charge on any atom is -0.456 e. The van der Waals surface area contributed by atoms with Gasteiger partial charge in [0, 0.05) is 34.1 Å². The summed E-state index contributed by atoms with van der Waals surface area (Å²) in [6, 6.07) is 1.97. The quantitative estimate of drug-likeness (QED) is 0.131. The van der Waals surface area contributed by atoms with Crippen molar-refractivity contribution < 1.29 is 37.8 Å². The number of rotatable bonds is 11. The van der Waals surface area contributed by atoms with Crippen LogP contribution < -0.4 is 22.1 Å². The summed E-state index contributed by atoms with van der Waals surface area (Å²) in [6.45, 7) is -1.64. The van der Waals surface area contributed by atoms with Crippen molar-refractivity contribution in [1.29, 1.82) is 0 Å². The van der Waals surface area contributed by atoms with Gasteiger partial charge in [-0.15, -0.1) is 0 Å². The monoisotopic (exact) mass is 698 g/mol. The highest BCUT2D eigenvalue weighted by Crippen LogP contribution is 2.69. The molecule has 260 valence electrons. The molecule has 3 aromatic rings. The number of nitrogens with two attached hydrogens (primary N) is 2. The lowest BCUT2D eigenvalue weighted by molar-refractivity contribution is -0.176. The molecule has 3 amide bonds. The Morgan fingerprint density at radius 1 is 1.04 bits per heavy atom. The van der Waals surface area contributed by atoms with Gasteiger partial charge in [-0.25, -0.2) is 15.0 Å². The molecule has 2 aliphatic rings. The van der Waals surface area contributed by atoms with E-state index < -0.39 is 77.5 Å². The minimum absolute atomic E-state index is 0.0739. The zero-order valence-electron chi connectivity index (χ0n) is 27.1. The van der Waals surface area contributed by atoms with Crippen LogP contribution in [-0.4, -0.2) is 126 Å². The van der Waals surface area contributed by atoms with Crippen LogP contribution in [0.5, 0.6) is 0 Å². The first-order valence-corrected chi connectivity index (χ1v) is 15.9. The summed E-state index contributed by atoms with van der Waals surface area (Å²) in [5.74, 6) is 2.33. The summed E-state index contributed by atoms with van der Waals surface area (Å²) < 4.78 is 27.0. The molecule has 2 fully saturated rings. The topological polar surface area (TPSA) is 230 Å². The number of carbonyl (C=O) groups is 5. The maximum absolute atomic E-state index is 13.6. The van der Waals surface area contributed by atoms with Crippen LogP contribution in [0.1, 0.15) is 23.2 Å². The predicted molar refractivity (Wildman–Crippen MR) is 172 cm³/mol. The van der Waals surface area contributed by atoms with E-state index in [4.69, 9.17) is 20.9 Å². The maximum Gasteiger partial charge on any atom is 0.326 e. The predicted octanol–water partition coefficient (Wildman–Crippen LogP) is -1.57. The fourth-order valence-electron chi connectivity index (χ4n) is 6.14. The molecule has 49 heavy (non-hydrogen) atoms. The van der Waals surface area contributed by atoms with E-state index in [0.29, 0.717) is 16.2 Å². The van der Waals surface area contributed by atoms with Crippen LogP contribution in [0.3, 0.4) is 0 Å². The van der Waals surface area contributed by atoms with Gasteiger partial charge in [0.25, 0.3) is 0 Å². The average molecular weight is 699 g/mol. The van der Waals surface area contributed by atoms with E-state index >= 15 is 0 Å². The number of esters is 2. The van der Waals surface area contributed by atoms with Crippen LogP contribution in [0.25, 0.3) is 11.2 Å². The SMILES string of the molecule is CNC(=O)C12CC1C(n1cnc3c(NC)nc(C#Cc4ccc(F)s4)nc31)C(OC(=O)CN(C)C(=O)CN)C2OC(=O)CN(C)C(=O)CN. The molecule has 2 saturated carbocycles. The third-order valence-corrected chi connectivity index (χ3v) is 9.36. The van der Waals surface area contributed by atoms with Gasteiger partial charge in [-0.3, -0.25) is 24.0 Å². The number of imidazole rings is 1. The molecule has 0 radical (unpaired) electrons. The molecular formula is C30H35FN10O7S. The van der Waals surface area contributed by atoms with Gasteiger partial charge in [0.05, 0.1) is 35.8 Å². The second-order valence-electron chi connectivity index (χ2n) is 11.5. The van der Waals surface area contributed by atoms with Crippen molar-refractivity contribution in [2.75, 3.05) is 59.7 Å². The summed E-state index contributed by atoms with van der Waals surface area (Å²) in [6.07, 6.45) is -0.899. The Labute approximate surface area is 283 Å². The number of likely N-dealkylation sites (N-methyl/N-ethyl adjacent to an activating group) is 2. The number of thiophene rings is 1. The third kappa shape index (κ3) is 6.75. The summed E-state index contributed by atoms with van der Waals surface area (Å²) in [5, 5.41) is 5.20. The number of aromatic nitrogens is 4. The van der Waals surface area contributed by atoms with E-state index in [-0.39, 0.29) is 31.0 Å². The largest absolute Gasteiger partial charge is 0.456 e. The number of anilines is 1. The van der Waals surface area contributed by atoms with Gasteiger partial charge in [0.1, 0.15) is 13.1 Å². The van der Waals surface area contributed by atoms with Crippen LogP contribution in [0.2, 0.25) is 0 Å². The van der Waals surface area contributed by atoms with Crippen molar-refractivity contribution in [2.24, 2.45) is 22.8 Å². The van der Waals surface area contributed by atoms with Crippen molar-refractivity contribution >= 4 is 58.0 Å². The zero-order valence-corrected chi connectivity index (χ0v) is 27.9. The highest BCUT2D eigenvalue weighted by Gasteiger charge is 2.78. The molecule has 0 saturated heterocycles. The number of carbonyl (C=O) groups excluding carboxylic acids is 5. The number of fused-ring (bicyclic) bond motifs is 2. The van der Waals surface area contributed by atoms with Gasteiger partial charge in [0.2, 0.25) is 23.5 Å². The molecular weight excluding hydrogens is 663 g/mol. The van der Waals surface area contributed by atoms with E-state index in [1.807, 2.05) is 0 Å². The summed E-state index contributed by atoms with van der Waals surface area (Å²) in [5.41, 5.74) is 10.2. The van der Waals surface area contributed by atoms with E-state index in [0.717, 1.165) is 21.1 Å². The Morgan fingerprint density at radius 3 is 2.27 bits per heavy atom. The van der Waals surface area contributed by atoms with Crippen LogP contribution >= 0.6 is 11.3 Å². The standard InChI is InChI=1S/C30H35FN10O7S/c1-34-27-23-28(38-18(37-27)8-6-15-5-7-17(31)49-15)41(14-36-23)24-16-9-30(16,29(46)35-2)26(48-22(45)13-40(4)20(43)11-33)25(24)47-21(44)12-39(3)19(42)10-32/h5,7,14,16,24-26H,9-13,32-33H2,1-4H3,(H,35,46)(H,34,37,38). The number of hydrogen-bond acceptors (Lipinski definition) is 14. The van der Waals surface area contributed by atoms with Gasteiger partial charge in [-0.1, -0.05) is 11.3 Å². The Kier molecular flexibility index (Phi) is 10.1. The molecule has 2 aliphatic carbocycles. The van der Waals surface area contributed by atoms with E-state index in [1.165, 1.54) is 39.6 Å². The first kappa shape index (κ1) is 35.1. The van der Waals surface area contributed by atoms with E-state index in [9.17, 15) is 28.4 Å². The number of amides is 3. The summed E-state index contributed by atoms with van der Waals surface area (Å²) in [7, 11) is 5.81. The smallest absolute Gasteiger partial charge is 0.326 e. The van der Waals surface area contributed by atoms with Crippen molar-refractivity contribution in [3.8, 4) is 11.8 Å². The second-order valence-corrected chi connectivity index (χ2v) is 12.6. The number of nitrogens with zero attached hydrogens (tertiary/aromatic N) is 6. The average Bonchev–Trinajstić information content (AvgIpc) is 3.31. The van der Waals surface area contributed by atoms with Gasteiger partial charge in [0.15, 0.2) is 34.3 Å². The van der Waals surface area contributed by atoms with Crippen molar-refractivity contribution in [2.45, 2.75) is 24.7 Å². The number of nitrogens with one attached hydrogen (secondary N) is 2. The highest BCUT2D eigenvalue weighted by atomic mass is 32.1. The third-order valence-electron chi connectivity index (χ3n) is 8.57. The Bertz CT molecular complexity index is 1870. The highest BCUT2D eigenvalue weighted by molar-refractivity contribution is 7.10. The maximum atomic E-state index is 13.6. The van der Waals surface area contributed by atoms with Crippen LogP contribution in [0.4, 0.5) is 10.2 Å². The molecule has 0 aliphatic heterocycles. The van der Waals surface area contributed by atoms with E-state index in [1.54, 1.807) is 11.6 Å². The molecule has 0 aromatic carbocycles. The van der Waals surface area contributed by atoms with Gasteiger partial charge in [-0.05, 0) is 30.4 Å². The van der Waals surface area contributed by atoms with Crippen molar-refractivity contribution in [1.82, 2.24) is 34.6 Å². The molecule has 3 heterocycles. The molecule has 3 aromatic heterocycles. The fourth-order valence-corrected chi connectivity index (χ4v) is 6.73. The molecule has 0 spiro atoms. The summed E-state index contributed by atoms with van der Waals surface area (Å²) in [4.78, 5) is 80.4. The van der Waals surface area contributed by atoms with Crippen LogP contribution in [-0.2, 0) is 33.4 Å². The zero-order chi connectivity index (χ0) is 35.6. The van der Waals surface area contributed by atoms with E-state index in [2.05, 4.69) is 37.4 Å². The van der Waals surface area contributed by atoms with Crippen molar-refractivity contribution in [3.63, 3.8) is 0 Å². The van der Waals surface area contributed by atoms with Crippen LogP contribution in [0.15, 0.2) is 18.5 Å². The Hall–Kier alpha value is -5.19. The number of hydrogen-bond donors (Lipinski definition) is 4. The Morgan fingerprint density at radius 2 is 1.69 bits per heavy atom. The van der Waals surface area contributed by atoms with Crippen LogP contribution in [0, 0.1) is 28.3 Å². The normalized spacial score (nSPS) is 21.9. The van der Waals surface area contributed by atoms with Gasteiger partial charge in [-0.2, -0.15) is 4.39 Å². The second kappa shape index (κ2) is 14.1. The fraction of sp³-hybridized carbons (Fsp3) is 0.467. The van der Waals surface area contributed by atoms with Gasteiger partial charge >= 0.3 is 11.9 Å². The summed E-state index contributed by atoms with van der Waals surface area (Å²) >= 11 is 0.864. The molecule has 0 bridgehead atoms. The minimum atomic E-state index is -1.32. The lowest BCUT2D eigenvalue weighted by Gasteiger charge is -2.31. The molecule has 19 heteroatoms. The molecule has 5 atom stereocenters. The molecule has 6 N–H and O–H groups in total. The first-order chi connectivity index (χ1) is 23.4.